The summed E-state index contributed by atoms with van der Waals surface area (Å²) in [5, 5.41) is 0. The van der Waals surface area contributed by atoms with Crippen molar-refractivity contribution in [3.05, 3.63) is 6.92 Å². The summed E-state index contributed by atoms with van der Waals surface area (Å²) in [6, 6.07) is 0. The first-order valence-corrected chi connectivity index (χ1v) is 3.72. The van der Waals surface area contributed by atoms with Crippen molar-refractivity contribution in [2.75, 3.05) is 26.9 Å². The van der Waals surface area contributed by atoms with Crippen molar-refractivity contribution < 1.29 is 4.74 Å². The van der Waals surface area contributed by atoms with Gasteiger partial charge in [-0.1, -0.05) is 13.3 Å². The van der Waals surface area contributed by atoms with E-state index in [1.165, 1.54) is 0 Å². The standard InChI is InChI=1S/C8H16NO.Lr/c1-8(2)4-5-9(3)7-10-6-8;/h1,4-7H2,2-3H3;/q-1;. The predicted molar refractivity (Wildman–Crippen MR) is 41.5 cm³/mol. The first-order chi connectivity index (χ1) is 4.60. The first kappa shape index (κ1) is 9.92. The Hall–Kier alpha value is -1.08. The van der Waals surface area contributed by atoms with E-state index in [0.717, 1.165) is 26.3 Å². The van der Waals surface area contributed by atoms with Gasteiger partial charge in [-0.15, -0.1) is 5.41 Å². The van der Waals surface area contributed by atoms with E-state index in [4.69, 9.17) is 4.74 Å². The van der Waals surface area contributed by atoms with E-state index in [1.54, 1.807) is 0 Å². The monoisotopic (exact) mass is 404 g/mol. The Labute approximate surface area is 63.2 Å². The van der Waals surface area contributed by atoms with Crippen LogP contribution >= 0.6 is 0 Å². The van der Waals surface area contributed by atoms with Crippen LogP contribution in [0.3, 0.4) is 0 Å². The van der Waals surface area contributed by atoms with Crippen molar-refractivity contribution in [3.8, 4) is 0 Å². The number of hydrogen-bond donors (Lipinski definition) is 0. The Balaban J connectivity index is 0.000001000. The smallest absolute Gasteiger partial charge is 0.0986 e. The van der Waals surface area contributed by atoms with Crippen molar-refractivity contribution in [1.82, 2.24) is 4.90 Å². The second-order valence-electron chi connectivity index (χ2n) is 3.62. The Kier molecular flexibility index (Phi) is 3.02. The summed E-state index contributed by atoms with van der Waals surface area (Å²) in [5.41, 5.74) is 0.130. The maximum Gasteiger partial charge on any atom is 0.0986 e. The van der Waals surface area contributed by atoms with E-state index in [-0.39, 0.29) is 5.41 Å². The molecule has 0 aromatic heterocycles. The Morgan fingerprint density at radius 2 is 2.18 bits per heavy atom. The molecule has 0 saturated carbocycles. The zero-order chi connectivity index (χ0) is 7.61. The zero-order valence-electron chi connectivity index (χ0n) is 7.15. The minimum atomic E-state index is 0. The quantitative estimate of drug-likeness (QED) is 0.562. The van der Waals surface area contributed by atoms with Gasteiger partial charge in [-0.05, 0) is 13.6 Å². The molecule has 0 spiro atoms. The molecule has 1 atom stereocenters. The van der Waals surface area contributed by atoms with Crippen LogP contribution in [-0.4, -0.2) is 31.8 Å². The molecule has 1 saturated heterocycles. The fraction of sp³-hybridized carbons (Fsp3) is 0.875. The maximum atomic E-state index is 5.39. The summed E-state index contributed by atoms with van der Waals surface area (Å²) < 4.78 is 5.39. The van der Waals surface area contributed by atoms with Gasteiger partial charge in [0, 0.05) is 6.61 Å². The van der Waals surface area contributed by atoms with Crippen LogP contribution in [0, 0.1) is 12.3 Å². The van der Waals surface area contributed by atoms with Crippen LogP contribution in [0.1, 0.15) is 13.3 Å². The van der Waals surface area contributed by atoms with Crippen LogP contribution in [0.2, 0.25) is 0 Å². The Morgan fingerprint density at radius 3 is 2.82 bits per heavy atom. The molecule has 2 nitrogen and oxygen atoms in total. The topological polar surface area (TPSA) is 12.5 Å². The molecule has 1 aliphatic heterocycles. The minimum Gasteiger partial charge on any atom is -0.368 e. The van der Waals surface area contributed by atoms with Crippen LogP contribution in [0.15, 0.2) is 0 Å². The summed E-state index contributed by atoms with van der Waals surface area (Å²) in [6.45, 7) is 8.86. The van der Waals surface area contributed by atoms with Crippen molar-refractivity contribution in [3.63, 3.8) is 0 Å². The third-order valence-corrected chi connectivity index (χ3v) is 1.86. The molecule has 0 N–H and O–H groups in total. The van der Waals surface area contributed by atoms with E-state index < -0.39 is 0 Å². The molecule has 1 heterocycles. The molecule has 0 aliphatic carbocycles. The van der Waals surface area contributed by atoms with E-state index in [2.05, 4.69) is 25.8 Å². The van der Waals surface area contributed by atoms with Gasteiger partial charge in [0.2, 0.25) is 0 Å². The molecule has 0 aromatic carbocycles. The van der Waals surface area contributed by atoms with E-state index in [0.29, 0.717) is 0 Å². The SMILES string of the molecule is [CH2-]C1(C)CCN(C)COC1.[Lr]. The van der Waals surface area contributed by atoms with Gasteiger partial charge in [0.05, 0.1) is 6.73 Å². The van der Waals surface area contributed by atoms with Gasteiger partial charge in [-0.2, -0.15) is 0 Å². The molecule has 1 aliphatic rings. The van der Waals surface area contributed by atoms with E-state index in [1.807, 2.05) is 0 Å². The predicted octanol–water partition coefficient (Wildman–Crippen LogP) is 1.14. The average molecular weight is 404 g/mol. The molecular formula is C8H16LrNO-. The molecule has 11 heavy (non-hydrogen) atoms. The van der Waals surface area contributed by atoms with E-state index in [9.17, 15) is 0 Å². The van der Waals surface area contributed by atoms with Crippen LogP contribution in [0.4, 0.5) is 0 Å². The third kappa shape index (κ3) is 3.01. The molecule has 1 fully saturated rings. The summed E-state index contributed by atoms with van der Waals surface area (Å²) in [4.78, 5) is 2.18. The molecule has 1 rings (SSSR count). The largest absolute Gasteiger partial charge is 0.368 e. The van der Waals surface area contributed by atoms with Crippen molar-refractivity contribution in [2.45, 2.75) is 13.3 Å². The number of nitrogens with zero attached hydrogens (tertiary/aromatic N) is 1. The van der Waals surface area contributed by atoms with Gasteiger partial charge in [0.15, 0.2) is 0 Å². The van der Waals surface area contributed by atoms with E-state index >= 15 is 0 Å². The second kappa shape index (κ2) is 3.35. The van der Waals surface area contributed by atoms with Crippen LogP contribution in [0.5, 0.6) is 0 Å². The molecule has 1 radical (unpaired) electrons. The van der Waals surface area contributed by atoms with Gasteiger partial charge >= 0.3 is 0 Å². The van der Waals surface area contributed by atoms with Gasteiger partial charge in [0.1, 0.15) is 0 Å². The average Bonchev–Trinajstić information content (AvgIpc) is 1.94. The first-order valence-electron chi connectivity index (χ1n) is 3.72. The van der Waals surface area contributed by atoms with Gasteiger partial charge in [-0.25, -0.2) is 0 Å². The van der Waals surface area contributed by atoms with Crippen LogP contribution < -0.4 is 0 Å². The van der Waals surface area contributed by atoms with Crippen molar-refractivity contribution in [2.24, 2.45) is 5.41 Å². The van der Waals surface area contributed by atoms with Gasteiger partial charge in [0.25, 0.3) is 0 Å². The van der Waals surface area contributed by atoms with Crippen molar-refractivity contribution in [1.29, 1.82) is 0 Å². The second-order valence-corrected chi connectivity index (χ2v) is 3.62. The summed E-state index contributed by atoms with van der Waals surface area (Å²) in [5.74, 6) is 0. The third-order valence-electron chi connectivity index (χ3n) is 1.86. The number of rotatable bonds is 0. The normalized spacial score (nSPS) is 34.1. The summed E-state index contributed by atoms with van der Waals surface area (Å²) in [7, 11) is 2.07. The molecule has 0 bridgehead atoms. The molecule has 3 heteroatoms. The molecule has 0 aromatic rings. The van der Waals surface area contributed by atoms with Gasteiger partial charge < -0.3 is 11.7 Å². The minimum absolute atomic E-state index is 0. The number of hydrogen-bond acceptors (Lipinski definition) is 2. The maximum absolute atomic E-state index is 5.39. The Morgan fingerprint density at radius 1 is 1.55 bits per heavy atom. The Bertz CT molecular complexity index is 117. The zero-order valence-corrected chi connectivity index (χ0v) is 9.30. The summed E-state index contributed by atoms with van der Waals surface area (Å²) >= 11 is 0. The van der Waals surface area contributed by atoms with Crippen molar-refractivity contribution >= 4 is 0 Å². The van der Waals surface area contributed by atoms with Crippen LogP contribution in [-0.2, 0) is 4.74 Å². The van der Waals surface area contributed by atoms with Crippen LogP contribution in [0.25, 0.3) is 0 Å². The molecule has 1 unspecified atom stereocenters. The molecule has 75 valence electrons. The number of ether oxygens (including phenoxy) is 1. The fourth-order valence-electron chi connectivity index (χ4n) is 1.05. The molecular weight excluding hydrogens is 388 g/mol. The summed E-state index contributed by atoms with van der Waals surface area (Å²) in [6.07, 6.45) is 1.13. The molecule has 0 amide bonds. The fourth-order valence-corrected chi connectivity index (χ4v) is 1.05. The van der Waals surface area contributed by atoms with Gasteiger partial charge in [-0.3, -0.25) is 4.90 Å².